The van der Waals surface area contributed by atoms with Crippen LogP contribution in [0.2, 0.25) is 10.0 Å². The summed E-state index contributed by atoms with van der Waals surface area (Å²) in [5.41, 5.74) is 10.6. The molecule has 0 unspecified atom stereocenters. The number of benzene rings is 2. The number of aromatic nitrogens is 1. The fourth-order valence-corrected chi connectivity index (χ4v) is 4.63. The number of pyridine rings is 1. The van der Waals surface area contributed by atoms with E-state index in [2.05, 4.69) is 17.3 Å². The topological polar surface area (TPSA) is 111 Å². The minimum Gasteiger partial charge on any atom is -0.493 e. The van der Waals surface area contributed by atoms with Gasteiger partial charge in [0.1, 0.15) is 11.3 Å². The number of ether oxygens (including phenoxy) is 1. The number of nitrogens with two attached hydrogens (primary N) is 1. The molecule has 10 heteroatoms. The van der Waals surface area contributed by atoms with Crippen LogP contribution in [-0.4, -0.2) is 30.5 Å². The Balaban J connectivity index is 1.80. The number of hydrogen-bond acceptors (Lipinski definition) is 6. The molecule has 0 radical (unpaired) electrons. The van der Waals surface area contributed by atoms with Gasteiger partial charge in [0, 0.05) is 35.3 Å². The largest absolute Gasteiger partial charge is 0.493 e. The van der Waals surface area contributed by atoms with Gasteiger partial charge in [-0.05, 0) is 36.8 Å². The highest BCUT2D eigenvalue weighted by atomic mass is 35.5. The van der Waals surface area contributed by atoms with Crippen molar-refractivity contribution in [1.29, 1.82) is 0 Å². The third-order valence-electron chi connectivity index (χ3n) is 5.87. The third-order valence-corrected chi connectivity index (χ3v) is 6.42. The number of furan rings is 1. The van der Waals surface area contributed by atoms with Gasteiger partial charge >= 0.3 is 0 Å². The Morgan fingerprint density at radius 1 is 1.11 bits per heavy atom. The number of nitrogens with one attached hydrogen (secondary N) is 1. The van der Waals surface area contributed by atoms with Crippen molar-refractivity contribution < 1.29 is 18.7 Å². The normalized spacial score (nSPS) is 11.2. The Morgan fingerprint density at radius 3 is 2.53 bits per heavy atom. The lowest BCUT2D eigenvalue weighted by Crippen LogP contribution is -2.44. The molecule has 2 amide bonds. The van der Waals surface area contributed by atoms with Crippen LogP contribution in [0.25, 0.3) is 21.9 Å². The van der Waals surface area contributed by atoms with Crippen molar-refractivity contribution in [2.24, 2.45) is 5.73 Å². The number of rotatable bonds is 10. The first kappa shape index (κ1) is 25.8. The van der Waals surface area contributed by atoms with Gasteiger partial charge in [0.15, 0.2) is 11.3 Å². The van der Waals surface area contributed by atoms with Gasteiger partial charge in [-0.1, -0.05) is 49.4 Å². The number of amides is 2. The van der Waals surface area contributed by atoms with E-state index >= 15 is 0 Å². The Labute approximate surface area is 218 Å². The Hall–Kier alpha value is -3.33. The van der Waals surface area contributed by atoms with Crippen LogP contribution < -0.4 is 20.9 Å². The molecule has 36 heavy (non-hydrogen) atoms. The highest BCUT2D eigenvalue weighted by molar-refractivity contribution is 6.40. The lowest BCUT2D eigenvalue weighted by Gasteiger charge is -2.25. The Kier molecular flexibility index (Phi) is 7.98. The molecule has 2 aromatic carbocycles. The number of carbonyl (C=O) groups is 2. The highest BCUT2D eigenvalue weighted by Crippen LogP contribution is 2.38. The summed E-state index contributed by atoms with van der Waals surface area (Å²) in [5.74, 6) is -0.558. The number of methoxy groups -OCH3 is 1. The maximum Gasteiger partial charge on any atom is 0.272 e. The van der Waals surface area contributed by atoms with Gasteiger partial charge < -0.3 is 14.9 Å². The number of anilines is 1. The van der Waals surface area contributed by atoms with Crippen molar-refractivity contribution in [2.75, 3.05) is 18.7 Å². The van der Waals surface area contributed by atoms with Crippen LogP contribution in [0, 0.1) is 0 Å². The minimum absolute atomic E-state index is 0.229. The molecule has 0 aliphatic carbocycles. The zero-order valence-electron chi connectivity index (χ0n) is 19.9. The molecule has 2 aromatic heterocycles. The smallest absolute Gasteiger partial charge is 0.272 e. The average molecular weight is 529 g/mol. The Bertz CT molecular complexity index is 1420. The number of hydrogen-bond donors (Lipinski definition) is 2. The number of primary amides is 1. The maximum atomic E-state index is 13.8. The molecule has 188 valence electrons. The van der Waals surface area contributed by atoms with Crippen LogP contribution in [0.4, 0.5) is 5.69 Å². The summed E-state index contributed by atoms with van der Waals surface area (Å²) >= 11 is 12.8. The number of unbranched alkanes of at least 4 members (excludes halogenated alkanes) is 3. The summed E-state index contributed by atoms with van der Waals surface area (Å²) in [5, 5.41) is 2.83. The SMILES string of the molecule is CCCCCCNN(C(=O)c1ccc2oc3c(OC)ccc(C(N)=O)c3c2c1)c1c(Cl)cncc1Cl. The third kappa shape index (κ3) is 4.97. The fraction of sp³-hybridized carbons (Fsp3) is 0.269. The average Bonchev–Trinajstić information content (AvgIpc) is 3.25. The standard InChI is InChI=1S/C26H26Cl2N4O4/c1-3-4-5-6-11-31-32(23-18(27)13-30-14-19(23)28)26(34)15-7-9-20-17(12-15)22-16(25(29)33)8-10-21(35-2)24(22)36-20/h7-10,12-14,31H,3-6,11H2,1-2H3,(H2,29,33). The van der Waals surface area contributed by atoms with Crippen molar-refractivity contribution in [3.05, 3.63) is 63.9 Å². The van der Waals surface area contributed by atoms with Crippen LogP contribution in [-0.2, 0) is 0 Å². The van der Waals surface area contributed by atoms with Crippen molar-refractivity contribution in [3.8, 4) is 5.75 Å². The van der Waals surface area contributed by atoms with Crippen LogP contribution in [0.5, 0.6) is 5.75 Å². The number of carbonyl (C=O) groups excluding carboxylic acids is 2. The number of nitrogens with zero attached hydrogens (tertiary/aromatic N) is 2. The van der Waals surface area contributed by atoms with Gasteiger partial charge in [-0.15, -0.1) is 0 Å². The molecule has 0 bridgehead atoms. The van der Waals surface area contributed by atoms with Crippen molar-refractivity contribution in [3.63, 3.8) is 0 Å². The first-order chi connectivity index (χ1) is 17.4. The number of fused-ring (bicyclic) bond motifs is 3. The molecule has 4 rings (SSSR count). The molecule has 0 fully saturated rings. The predicted molar refractivity (Wildman–Crippen MR) is 142 cm³/mol. The molecule has 0 spiro atoms. The second kappa shape index (κ2) is 11.2. The van der Waals surface area contributed by atoms with Gasteiger partial charge in [-0.2, -0.15) is 0 Å². The van der Waals surface area contributed by atoms with E-state index in [9.17, 15) is 9.59 Å². The molecule has 0 saturated heterocycles. The van der Waals surface area contributed by atoms with E-state index in [4.69, 9.17) is 38.1 Å². The predicted octanol–water partition coefficient (Wildman–Crippen LogP) is 6.13. The Morgan fingerprint density at radius 2 is 1.86 bits per heavy atom. The first-order valence-corrected chi connectivity index (χ1v) is 12.3. The van der Waals surface area contributed by atoms with E-state index in [0.29, 0.717) is 45.5 Å². The van der Waals surface area contributed by atoms with Crippen LogP contribution >= 0.6 is 23.2 Å². The molecule has 3 N–H and O–H groups in total. The van der Waals surface area contributed by atoms with E-state index in [1.165, 1.54) is 24.5 Å². The molecule has 4 aromatic rings. The molecule has 8 nitrogen and oxygen atoms in total. The lowest BCUT2D eigenvalue weighted by atomic mass is 10.0. The van der Waals surface area contributed by atoms with E-state index in [0.717, 1.165) is 25.7 Å². The van der Waals surface area contributed by atoms with Crippen molar-refractivity contribution in [1.82, 2.24) is 10.4 Å². The molecular formula is C26H26Cl2N4O4. The summed E-state index contributed by atoms with van der Waals surface area (Å²) in [6, 6.07) is 8.16. The first-order valence-electron chi connectivity index (χ1n) is 11.6. The summed E-state index contributed by atoms with van der Waals surface area (Å²) in [7, 11) is 1.51. The summed E-state index contributed by atoms with van der Waals surface area (Å²) in [4.78, 5) is 29.9. The van der Waals surface area contributed by atoms with E-state index in [1.807, 2.05) is 0 Å². The van der Waals surface area contributed by atoms with Crippen LogP contribution in [0.1, 0.15) is 53.3 Å². The maximum absolute atomic E-state index is 13.8. The van der Waals surface area contributed by atoms with Gasteiger partial charge in [0.25, 0.3) is 5.91 Å². The van der Waals surface area contributed by atoms with Crippen molar-refractivity contribution in [2.45, 2.75) is 32.6 Å². The minimum atomic E-state index is -0.618. The monoisotopic (exact) mass is 528 g/mol. The lowest BCUT2D eigenvalue weighted by molar-refractivity contribution is 0.0972. The van der Waals surface area contributed by atoms with Gasteiger partial charge in [-0.3, -0.25) is 14.6 Å². The second-order valence-electron chi connectivity index (χ2n) is 8.26. The number of hydrazine groups is 1. The summed E-state index contributed by atoms with van der Waals surface area (Å²) in [6.07, 6.45) is 6.95. The molecule has 0 aliphatic heterocycles. The van der Waals surface area contributed by atoms with E-state index in [-0.39, 0.29) is 21.5 Å². The molecule has 2 heterocycles. The zero-order valence-corrected chi connectivity index (χ0v) is 21.4. The zero-order chi connectivity index (χ0) is 25.8. The van der Waals surface area contributed by atoms with Gasteiger partial charge in [-0.25, -0.2) is 10.4 Å². The van der Waals surface area contributed by atoms with Crippen LogP contribution in [0.15, 0.2) is 47.1 Å². The second-order valence-corrected chi connectivity index (χ2v) is 9.07. The molecule has 0 atom stereocenters. The fourth-order valence-electron chi connectivity index (χ4n) is 4.10. The molecular weight excluding hydrogens is 503 g/mol. The highest BCUT2D eigenvalue weighted by Gasteiger charge is 2.25. The van der Waals surface area contributed by atoms with E-state index < -0.39 is 5.91 Å². The quantitative estimate of drug-likeness (QED) is 0.189. The van der Waals surface area contributed by atoms with Gasteiger partial charge in [0.05, 0.1) is 22.7 Å². The molecule has 0 aliphatic rings. The summed E-state index contributed by atoms with van der Waals surface area (Å²) in [6.45, 7) is 2.68. The van der Waals surface area contributed by atoms with Gasteiger partial charge in [0.2, 0.25) is 5.91 Å². The van der Waals surface area contributed by atoms with Crippen molar-refractivity contribution >= 4 is 62.6 Å². The van der Waals surface area contributed by atoms with Crippen LogP contribution in [0.3, 0.4) is 0 Å². The molecule has 0 saturated carbocycles. The number of halogens is 2. The van der Waals surface area contributed by atoms with E-state index in [1.54, 1.807) is 30.3 Å². The summed E-state index contributed by atoms with van der Waals surface area (Å²) < 4.78 is 11.4.